The lowest BCUT2D eigenvalue weighted by atomic mass is 9.94. The van der Waals surface area contributed by atoms with Gasteiger partial charge in [0.25, 0.3) is 0 Å². The van der Waals surface area contributed by atoms with Gasteiger partial charge in [-0.15, -0.1) is 24.0 Å². The van der Waals surface area contributed by atoms with Gasteiger partial charge in [-0.1, -0.05) is 45.0 Å². The molecule has 1 amide bonds. The Labute approximate surface area is 195 Å². The Kier molecular flexibility index (Phi) is 8.69. The third-order valence-corrected chi connectivity index (χ3v) is 5.02. The molecular formula is C22H32IN5O2. The summed E-state index contributed by atoms with van der Waals surface area (Å²) in [5.74, 6) is 2.41. The number of hydrogen-bond donors (Lipinski definition) is 2. The summed E-state index contributed by atoms with van der Waals surface area (Å²) in [5.41, 5.74) is 2.25. The number of benzene rings is 1. The summed E-state index contributed by atoms with van der Waals surface area (Å²) >= 11 is 0. The Bertz CT molecular complexity index is 872. The smallest absolute Gasteiger partial charge is 0.222 e. The minimum atomic E-state index is -0.0639. The quantitative estimate of drug-likeness (QED) is 0.343. The number of carbonyl (C=O) groups excluding carboxylic acids is 1. The number of oxazole rings is 1. The van der Waals surface area contributed by atoms with Gasteiger partial charge < -0.3 is 20.0 Å². The van der Waals surface area contributed by atoms with Crippen molar-refractivity contribution < 1.29 is 9.21 Å². The summed E-state index contributed by atoms with van der Waals surface area (Å²) in [6.45, 7) is 8.87. The fourth-order valence-corrected chi connectivity index (χ4v) is 3.26. The molecule has 1 fully saturated rings. The van der Waals surface area contributed by atoms with Crippen LogP contribution in [0.5, 0.6) is 0 Å². The van der Waals surface area contributed by atoms with Crippen LogP contribution in [-0.4, -0.2) is 35.3 Å². The zero-order valence-corrected chi connectivity index (χ0v) is 20.5. The monoisotopic (exact) mass is 525 g/mol. The zero-order chi connectivity index (χ0) is 20.9. The highest BCUT2D eigenvalue weighted by Gasteiger charge is 2.21. The van der Waals surface area contributed by atoms with Crippen molar-refractivity contribution in [1.29, 1.82) is 0 Å². The van der Waals surface area contributed by atoms with Gasteiger partial charge in [-0.3, -0.25) is 9.79 Å². The molecule has 1 saturated heterocycles. The van der Waals surface area contributed by atoms with Gasteiger partial charge in [0.15, 0.2) is 5.96 Å². The molecule has 1 aromatic heterocycles. The van der Waals surface area contributed by atoms with Crippen LogP contribution in [-0.2, 0) is 29.8 Å². The average Bonchev–Trinajstić information content (AvgIpc) is 3.32. The lowest BCUT2D eigenvalue weighted by molar-refractivity contribution is -0.128. The van der Waals surface area contributed by atoms with E-state index in [1.807, 2.05) is 17.0 Å². The SMILES string of the molecule is CN=C(NCc1ncc(C(C)(C)C)o1)NCc1ccccc1CN1CCCC1=O.I. The van der Waals surface area contributed by atoms with E-state index in [0.29, 0.717) is 37.9 Å². The molecule has 1 aromatic carbocycles. The van der Waals surface area contributed by atoms with E-state index in [1.54, 1.807) is 13.2 Å². The second kappa shape index (κ2) is 10.8. The van der Waals surface area contributed by atoms with Crippen molar-refractivity contribution in [2.75, 3.05) is 13.6 Å². The maximum Gasteiger partial charge on any atom is 0.222 e. The number of likely N-dealkylation sites (tertiary alicyclic amines) is 1. The van der Waals surface area contributed by atoms with E-state index in [2.05, 4.69) is 53.5 Å². The van der Waals surface area contributed by atoms with Gasteiger partial charge in [-0.2, -0.15) is 0 Å². The second-order valence-corrected chi connectivity index (χ2v) is 8.34. The van der Waals surface area contributed by atoms with Crippen LogP contribution in [0.15, 0.2) is 39.9 Å². The molecule has 0 bridgehead atoms. The number of halogens is 1. The van der Waals surface area contributed by atoms with E-state index in [-0.39, 0.29) is 35.3 Å². The standard InChI is InChI=1S/C22H31N5O2.HI/c1-22(2,3)18-13-24-19(29-18)14-26-21(23-4)25-12-16-8-5-6-9-17(16)15-27-11-7-10-20(27)28;/h5-6,8-9,13H,7,10-12,14-15H2,1-4H3,(H2,23,25,26);1H. The van der Waals surface area contributed by atoms with Crippen LogP contribution in [0.1, 0.15) is 56.4 Å². The van der Waals surface area contributed by atoms with Crippen molar-refractivity contribution in [2.45, 2.75) is 58.7 Å². The maximum atomic E-state index is 12.0. The van der Waals surface area contributed by atoms with E-state index >= 15 is 0 Å². The normalized spacial score (nSPS) is 14.6. The molecule has 7 nitrogen and oxygen atoms in total. The van der Waals surface area contributed by atoms with E-state index in [9.17, 15) is 4.79 Å². The Hall–Kier alpha value is -2.10. The van der Waals surface area contributed by atoms with Gasteiger partial charge >= 0.3 is 0 Å². The van der Waals surface area contributed by atoms with Crippen molar-refractivity contribution >= 4 is 35.8 Å². The largest absolute Gasteiger partial charge is 0.443 e. The van der Waals surface area contributed by atoms with Gasteiger partial charge in [-0.05, 0) is 17.5 Å². The Morgan fingerprint density at radius 1 is 1.20 bits per heavy atom. The topological polar surface area (TPSA) is 82.8 Å². The van der Waals surface area contributed by atoms with Crippen LogP contribution in [0.4, 0.5) is 0 Å². The molecule has 1 aliphatic rings. The van der Waals surface area contributed by atoms with Crippen molar-refractivity contribution in [2.24, 2.45) is 4.99 Å². The summed E-state index contributed by atoms with van der Waals surface area (Å²) in [4.78, 5) is 22.5. The number of hydrogen-bond acceptors (Lipinski definition) is 4. The molecular weight excluding hydrogens is 493 g/mol. The molecule has 1 aliphatic heterocycles. The van der Waals surface area contributed by atoms with E-state index < -0.39 is 0 Å². The average molecular weight is 525 g/mol. The first-order valence-electron chi connectivity index (χ1n) is 10.1. The van der Waals surface area contributed by atoms with E-state index in [1.165, 1.54) is 0 Å². The first-order chi connectivity index (χ1) is 13.9. The van der Waals surface area contributed by atoms with Crippen LogP contribution in [0, 0.1) is 0 Å². The summed E-state index contributed by atoms with van der Waals surface area (Å²) < 4.78 is 5.82. The highest BCUT2D eigenvalue weighted by molar-refractivity contribution is 14.0. The molecule has 164 valence electrons. The molecule has 3 rings (SSSR count). The number of aromatic nitrogens is 1. The summed E-state index contributed by atoms with van der Waals surface area (Å²) in [7, 11) is 1.74. The second-order valence-electron chi connectivity index (χ2n) is 8.34. The van der Waals surface area contributed by atoms with Crippen LogP contribution < -0.4 is 10.6 Å². The van der Waals surface area contributed by atoms with Crippen LogP contribution in [0.25, 0.3) is 0 Å². The highest BCUT2D eigenvalue weighted by Crippen LogP contribution is 2.22. The Morgan fingerprint density at radius 3 is 2.50 bits per heavy atom. The minimum absolute atomic E-state index is 0. The first kappa shape index (κ1) is 24.2. The molecule has 8 heteroatoms. The van der Waals surface area contributed by atoms with E-state index in [4.69, 9.17) is 4.42 Å². The number of guanidine groups is 1. The molecule has 2 aromatic rings. The lowest BCUT2D eigenvalue weighted by Gasteiger charge is -2.19. The highest BCUT2D eigenvalue weighted by atomic mass is 127. The van der Waals surface area contributed by atoms with Crippen LogP contribution >= 0.6 is 24.0 Å². The first-order valence-corrected chi connectivity index (χ1v) is 10.1. The van der Waals surface area contributed by atoms with Crippen molar-refractivity contribution in [3.63, 3.8) is 0 Å². The van der Waals surface area contributed by atoms with Crippen molar-refractivity contribution in [3.8, 4) is 0 Å². The Morgan fingerprint density at radius 2 is 1.90 bits per heavy atom. The number of aliphatic imine (C=N–C) groups is 1. The van der Waals surface area contributed by atoms with Gasteiger partial charge in [0.05, 0.1) is 12.7 Å². The lowest BCUT2D eigenvalue weighted by Crippen LogP contribution is -2.36. The van der Waals surface area contributed by atoms with Gasteiger partial charge in [0.1, 0.15) is 5.76 Å². The van der Waals surface area contributed by atoms with Crippen LogP contribution in [0.2, 0.25) is 0 Å². The zero-order valence-electron chi connectivity index (χ0n) is 18.2. The molecule has 0 spiro atoms. The molecule has 30 heavy (non-hydrogen) atoms. The predicted octanol–water partition coefficient (Wildman–Crippen LogP) is 3.58. The van der Waals surface area contributed by atoms with E-state index in [0.717, 1.165) is 29.9 Å². The fourth-order valence-electron chi connectivity index (χ4n) is 3.26. The molecule has 0 radical (unpaired) electrons. The van der Waals surface area contributed by atoms with Crippen LogP contribution in [0.3, 0.4) is 0 Å². The number of carbonyl (C=O) groups is 1. The van der Waals surface area contributed by atoms with Gasteiger partial charge in [0.2, 0.25) is 11.8 Å². The number of amides is 1. The molecule has 0 aliphatic carbocycles. The fraction of sp³-hybridized carbons (Fsp3) is 0.500. The molecule has 2 heterocycles. The minimum Gasteiger partial charge on any atom is -0.443 e. The summed E-state index contributed by atoms with van der Waals surface area (Å²) in [6.07, 6.45) is 3.39. The predicted molar refractivity (Wildman–Crippen MR) is 129 cm³/mol. The molecule has 2 N–H and O–H groups in total. The Balaban J connectivity index is 0.00000320. The number of rotatable bonds is 6. The maximum absolute atomic E-state index is 12.0. The van der Waals surface area contributed by atoms with Gasteiger partial charge in [0, 0.05) is 38.5 Å². The van der Waals surface area contributed by atoms with Crippen molar-refractivity contribution in [1.82, 2.24) is 20.5 Å². The number of nitrogens with zero attached hydrogens (tertiary/aromatic N) is 3. The number of nitrogens with one attached hydrogen (secondary N) is 2. The third-order valence-electron chi connectivity index (χ3n) is 5.02. The third kappa shape index (κ3) is 6.45. The van der Waals surface area contributed by atoms with Crippen molar-refractivity contribution in [3.05, 3.63) is 53.2 Å². The molecule has 0 unspecified atom stereocenters. The molecule has 0 saturated carbocycles. The summed E-state index contributed by atoms with van der Waals surface area (Å²) in [5, 5.41) is 6.57. The molecule has 0 atom stereocenters. The van der Waals surface area contributed by atoms with Gasteiger partial charge in [-0.25, -0.2) is 4.98 Å². The summed E-state index contributed by atoms with van der Waals surface area (Å²) in [6, 6.07) is 8.20.